The molecule has 1 aromatic heterocycles. The Balaban J connectivity index is 0.000000111. The topological polar surface area (TPSA) is 4.93 Å². The lowest BCUT2D eigenvalue weighted by Crippen LogP contribution is -2.44. The minimum Gasteiger partial charge on any atom is -0.309 e. The van der Waals surface area contributed by atoms with Gasteiger partial charge in [0.25, 0.3) is 0 Å². The van der Waals surface area contributed by atoms with E-state index in [1.807, 2.05) is 0 Å². The highest BCUT2D eigenvalue weighted by atomic mass is 35.5. The van der Waals surface area contributed by atoms with E-state index in [4.69, 9.17) is 11.6 Å². The van der Waals surface area contributed by atoms with Crippen LogP contribution in [0.25, 0.3) is 105 Å². The molecule has 0 aliphatic heterocycles. The Morgan fingerprint density at radius 3 is 1.01 bits per heavy atom. The predicted molar refractivity (Wildman–Crippen MR) is 458 cm³/mol. The molecule has 4 spiro atoms. The summed E-state index contributed by atoms with van der Waals surface area (Å²) in [6.07, 6.45) is 1.08. The van der Waals surface area contributed by atoms with Gasteiger partial charge in [-0.25, -0.2) is 0 Å². The molecule has 26 rings (SSSR count). The Bertz CT molecular complexity index is 7060. The number of para-hydroxylation sites is 1. The number of hydrogen-bond donors (Lipinski definition) is 0. The SMILES string of the molecule is Clc1cccc2c1C1(c3ccccc3-c3ccccc31)c1ccccc1C21c2ccccc2-c2ccccc21.c1ccc2c(c1)-c1ccccc1C21c2ccccc2C2(c3ccccc3-c3ccccc32)c2c(-n3c4ccccc4c4c5ccccc5ccc43)cccc21.c1ccc2c(c1)Cc1ccc3ccccc3c1-2. The molecular weight excluding hydrogens is 1360 g/mol. The fourth-order valence-corrected chi connectivity index (χ4v) is 22.9. The Kier molecular flexibility index (Phi) is 13.1. The van der Waals surface area contributed by atoms with Crippen LogP contribution in [0.3, 0.4) is 0 Å². The molecule has 0 saturated carbocycles. The Morgan fingerprint density at radius 2 is 0.532 bits per heavy atom. The van der Waals surface area contributed by atoms with Crippen molar-refractivity contribution >= 4 is 55.0 Å². The molecule has 0 atom stereocenters. The summed E-state index contributed by atoms with van der Waals surface area (Å²) in [5.41, 5.74) is 39.0. The first-order valence-electron chi connectivity index (χ1n) is 39.0. The van der Waals surface area contributed by atoms with Gasteiger partial charge < -0.3 is 4.57 Å². The average Bonchev–Trinajstić information content (AvgIpc) is 1.54. The van der Waals surface area contributed by atoms with Crippen molar-refractivity contribution in [3.8, 4) is 61.3 Å². The fourth-order valence-electron chi connectivity index (χ4n) is 22.6. The standard InChI is InChI=1S/C54H33N.C38H23Cl.C17H12/c1-2-17-35-34(16-1)32-33-49-51(35)40-22-7-14-30-48(40)55(49)50-31-15-29-47-52(50)54(43-25-10-5-20-38(43)39-21-6-11-26-44(39)54)46-28-13-12-27-45(46)53(47)41-23-8-3-18-36(41)37-19-4-9-24-42(37)53;39-35-23-11-22-34-36(35)38(30-18-7-3-14-26(30)27-15-4-8-19-31(27)38)33-21-10-9-20-32(33)37(34)28-16-5-1-12-24(28)25-13-2-6-17-29(25)37;1-3-7-15-12(5-1)9-10-14-11-13-6-2-4-8-16(13)17(14)15/h1-33H;1-23H;1-10H,11H2. The quantitative estimate of drug-likeness (QED) is 0.154. The number of hydrogen-bond acceptors (Lipinski definition) is 0. The molecule has 19 aromatic rings. The van der Waals surface area contributed by atoms with Gasteiger partial charge in [-0.1, -0.05) is 388 Å². The third-order valence-electron chi connectivity index (χ3n) is 26.4. The molecule has 7 aliphatic rings. The van der Waals surface area contributed by atoms with Gasteiger partial charge in [-0.15, -0.1) is 0 Å². The van der Waals surface area contributed by atoms with Crippen molar-refractivity contribution in [2.24, 2.45) is 0 Å². The van der Waals surface area contributed by atoms with Crippen LogP contribution in [0.1, 0.15) is 100 Å². The van der Waals surface area contributed by atoms with Crippen LogP contribution in [0, 0.1) is 0 Å². The summed E-state index contributed by atoms with van der Waals surface area (Å²) in [6.45, 7) is 0. The maximum atomic E-state index is 7.43. The van der Waals surface area contributed by atoms with Gasteiger partial charge in [0, 0.05) is 21.4 Å². The van der Waals surface area contributed by atoms with Crippen molar-refractivity contribution in [3.63, 3.8) is 0 Å². The molecule has 1 heterocycles. The van der Waals surface area contributed by atoms with Crippen molar-refractivity contribution in [2.45, 2.75) is 28.1 Å². The summed E-state index contributed by atoms with van der Waals surface area (Å²) < 4.78 is 2.59. The molecule has 18 aromatic carbocycles. The van der Waals surface area contributed by atoms with Gasteiger partial charge >= 0.3 is 0 Å². The van der Waals surface area contributed by atoms with E-state index in [1.165, 1.54) is 205 Å². The van der Waals surface area contributed by atoms with Crippen LogP contribution >= 0.6 is 11.6 Å². The molecule has 0 fully saturated rings. The number of aromatic nitrogens is 1. The summed E-state index contributed by atoms with van der Waals surface area (Å²) >= 11 is 7.43. The van der Waals surface area contributed by atoms with Crippen molar-refractivity contribution in [1.29, 1.82) is 0 Å². The third-order valence-corrected chi connectivity index (χ3v) is 26.7. The zero-order valence-corrected chi connectivity index (χ0v) is 61.4. The average molecular weight is 1430 g/mol. The van der Waals surface area contributed by atoms with Crippen LogP contribution in [0.5, 0.6) is 0 Å². The fraction of sp³-hybridized carbons (Fsp3) is 0.0459. The number of fused-ring (bicyclic) bond motifs is 42. The Morgan fingerprint density at radius 1 is 0.207 bits per heavy atom. The van der Waals surface area contributed by atoms with E-state index < -0.39 is 21.7 Å². The van der Waals surface area contributed by atoms with Crippen molar-refractivity contribution < 1.29 is 0 Å². The second kappa shape index (κ2) is 23.3. The number of nitrogens with zero attached hydrogens (tertiary/aromatic N) is 1. The highest BCUT2D eigenvalue weighted by molar-refractivity contribution is 6.32. The number of benzene rings is 18. The molecule has 1 nitrogen and oxygen atoms in total. The lowest BCUT2D eigenvalue weighted by molar-refractivity contribution is 0.630. The van der Waals surface area contributed by atoms with Gasteiger partial charge in [-0.05, 0) is 202 Å². The smallest absolute Gasteiger partial charge is 0.0740 e. The van der Waals surface area contributed by atoms with Gasteiger partial charge in [0.15, 0.2) is 0 Å². The number of halogens is 1. The summed E-state index contributed by atoms with van der Waals surface area (Å²) in [7, 11) is 0. The first-order valence-corrected chi connectivity index (χ1v) is 39.3. The van der Waals surface area contributed by atoms with E-state index >= 15 is 0 Å². The molecule has 0 bridgehead atoms. The van der Waals surface area contributed by atoms with E-state index in [1.54, 1.807) is 0 Å². The van der Waals surface area contributed by atoms with Gasteiger partial charge in [-0.3, -0.25) is 0 Å². The van der Waals surface area contributed by atoms with Crippen molar-refractivity contribution in [3.05, 3.63) is 506 Å². The zero-order chi connectivity index (χ0) is 72.9. The summed E-state index contributed by atoms with van der Waals surface area (Å²) in [6, 6.07) is 149. The first kappa shape index (κ1) is 62.6. The van der Waals surface area contributed by atoms with Crippen molar-refractivity contribution in [2.75, 3.05) is 0 Å². The van der Waals surface area contributed by atoms with Crippen LogP contribution < -0.4 is 0 Å². The molecular formula is C109H68ClN. The predicted octanol–water partition coefficient (Wildman–Crippen LogP) is 26.8. The molecule has 0 N–H and O–H groups in total. The maximum Gasteiger partial charge on any atom is 0.0740 e. The molecule has 0 amide bonds. The Labute approximate surface area is 649 Å². The summed E-state index contributed by atoms with van der Waals surface area (Å²) in [4.78, 5) is 0. The van der Waals surface area contributed by atoms with Gasteiger partial charge in [0.05, 0.1) is 38.4 Å². The second-order valence-electron chi connectivity index (χ2n) is 31.0. The molecule has 111 heavy (non-hydrogen) atoms. The minimum absolute atomic E-state index is 0.457. The van der Waals surface area contributed by atoms with Crippen LogP contribution in [-0.4, -0.2) is 4.57 Å². The maximum absolute atomic E-state index is 7.43. The highest BCUT2D eigenvalue weighted by Crippen LogP contribution is 2.71. The largest absolute Gasteiger partial charge is 0.309 e. The third kappa shape index (κ3) is 7.90. The second-order valence-corrected chi connectivity index (χ2v) is 31.4. The highest BCUT2D eigenvalue weighted by Gasteiger charge is 2.62. The Hall–Kier alpha value is -13.4. The van der Waals surface area contributed by atoms with E-state index in [9.17, 15) is 0 Å². The molecule has 0 saturated heterocycles. The molecule has 0 radical (unpaired) electrons. The van der Waals surface area contributed by atoms with Crippen LogP contribution in [-0.2, 0) is 28.1 Å². The van der Waals surface area contributed by atoms with E-state index in [0.717, 1.165) is 11.4 Å². The monoisotopic (exact) mass is 1430 g/mol. The summed E-state index contributed by atoms with van der Waals surface area (Å²) in [5.74, 6) is 0. The molecule has 7 aliphatic carbocycles. The minimum atomic E-state index is -0.581. The normalized spacial score (nSPS) is 14.8. The lowest BCUT2D eigenvalue weighted by Gasteiger charge is -2.49. The van der Waals surface area contributed by atoms with Crippen molar-refractivity contribution in [1.82, 2.24) is 4.57 Å². The number of rotatable bonds is 1. The first-order chi connectivity index (χ1) is 55.0. The van der Waals surface area contributed by atoms with Gasteiger partial charge in [0.1, 0.15) is 0 Å². The lowest BCUT2D eigenvalue weighted by atomic mass is 9.52. The van der Waals surface area contributed by atoms with E-state index in [2.05, 4.69) is 405 Å². The zero-order valence-electron chi connectivity index (χ0n) is 60.6. The molecule has 516 valence electrons. The van der Waals surface area contributed by atoms with E-state index in [-0.39, 0.29) is 0 Å². The van der Waals surface area contributed by atoms with Crippen LogP contribution in [0.15, 0.2) is 400 Å². The van der Waals surface area contributed by atoms with Crippen LogP contribution in [0.2, 0.25) is 5.02 Å². The van der Waals surface area contributed by atoms with Gasteiger partial charge in [-0.2, -0.15) is 0 Å². The molecule has 2 heteroatoms. The van der Waals surface area contributed by atoms with E-state index in [0.29, 0.717) is 0 Å². The molecule has 0 unspecified atom stereocenters. The van der Waals surface area contributed by atoms with Gasteiger partial charge in [0.2, 0.25) is 0 Å². The summed E-state index contributed by atoms with van der Waals surface area (Å²) in [5, 5.41) is 8.65. The van der Waals surface area contributed by atoms with Crippen LogP contribution in [0.4, 0.5) is 0 Å².